The van der Waals surface area contributed by atoms with E-state index in [1.807, 2.05) is 41.1 Å². The second kappa shape index (κ2) is 8.26. The molecule has 126 valence electrons. The van der Waals surface area contributed by atoms with Gasteiger partial charge in [-0.1, -0.05) is 12.1 Å². The molecule has 0 unspecified atom stereocenters. The fourth-order valence-electron chi connectivity index (χ4n) is 2.62. The number of carbonyl (C=O) groups excluding carboxylic acids is 2. The van der Waals surface area contributed by atoms with E-state index in [0.717, 1.165) is 42.1 Å². The summed E-state index contributed by atoms with van der Waals surface area (Å²) in [6.07, 6.45) is 5.04. The summed E-state index contributed by atoms with van der Waals surface area (Å²) in [5.74, 6) is -0.555. The number of amides is 1. The van der Waals surface area contributed by atoms with Crippen LogP contribution in [0.5, 0.6) is 0 Å². The maximum absolute atomic E-state index is 12.5. The molecule has 1 fully saturated rings. The van der Waals surface area contributed by atoms with Gasteiger partial charge in [-0.05, 0) is 48.2 Å². The van der Waals surface area contributed by atoms with E-state index >= 15 is 0 Å². The van der Waals surface area contributed by atoms with E-state index in [0.29, 0.717) is 5.57 Å². The highest BCUT2D eigenvalue weighted by molar-refractivity contribution is 7.12. The van der Waals surface area contributed by atoms with Gasteiger partial charge in [0.1, 0.15) is 0 Å². The summed E-state index contributed by atoms with van der Waals surface area (Å²) in [5.41, 5.74) is 0.499. The fourth-order valence-corrected chi connectivity index (χ4v) is 4.01. The summed E-state index contributed by atoms with van der Waals surface area (Å²) in [4.78, 5) is 28.3. The van der Waals surface area contributed by atoms with E-state index in [2.05, 4.69) is 0 Å². The summed E-state index contributed by atoms with van der Waals surface area (Å²) < 4.78 is 5.30. The molecule has 0 aromatic carbocycles. The van der Waals surface area contributed by atoms with Gasteiger partial charge in [-0.3, -0.25) is 4.79 Å². The van der Waals surface area contributed by atoms with E-state index in [9.17, 15) is 9.59 Å². The number of nitrogens with zero attached hydrogens (tertiary/aromatic N) is 1. The SMILES string of the molecule is O=C(OCC(=O)N1CCCCC1)C(=Cc1cccs1)c1cccs1. The van der Waals surface area contributed by atoms with Gasteiger partial charge in [-0.15, -0.1) is 22.7 Å². The van der Waals surface area contributed by atoms with Crippen molar-refractivity contribution >= 4 is 46.2 Å². The molecular formula is C18H19NO3S2. The van der Waals surface area contributed by atoms with Gasteiger partial charge in [0.05, 0.1) is 5.57 Å². The fraction of sp³-hybridized carbons (Fsp3) is 0.333. The maximum atomic E-state index is 12.5. The van der Waals surface area contributed by atoms with E-state index in [4.69, 9.17) is 4.74 Å². The van der Waals surface area contributed by atoms with E-state index in [1.165, 1.54) is 11.3 Å². The molecule has 2 aromatic rings. The molecule has 0 aliphatic carbocycles. The Morgan fingerprint density at radius 3 is 2.50 bits per heavy atom. The Hall–Kier alpha value is -1.92. The molecule has 0 spiro atoms. The Balaban J connectivity index is 1.67. The minimum Gasteiger partial charge on any atom is -0.452 e. The van der Waals surface area contributed by atoms with Crippen molar-refractivity contribution in [2.24, 2.45) is 0 Å². The molecule has 24 heavy (non-hydrogen) atoms. The topological polar surface area (TPSA) is 46.6 Å². The second-order valence-corrected chi connectivity index (χ2v) is 7.50. The van der Waals surface area contributed by atoms with E-state index in [-0.39, 0.29) is 12.5 Å². The van der Waals surface area contributed by atoms with Crippen LogP contribution in [0.2, 0.25) is 0 Å². The average molecular weight is 361 g/mol. The lowest BCUT2D eigenvalue weighted by Crippen LogP contribution is -2.38. The zero-order valence-corrected chi connectivity index (χ0v) is 14.9. The van der Waals surface area contributed by atoms with Gasteiger partial charge >= 0.3 is 5.97 Å². The summed E-state index contributed by atoms with van der Waals surface area (Å²) in [6, 6.07) is 7.67. The van der Waals surface area contributed by atoms with Gasteiger partial charge in [0.2, 0.25) is 0 Å². The molecule has 0 bridgehead atoms. The summed E-state index contributed by atoms with van der Waals surface area (Å²) in [6.45, 7) is 1.34. The molecule has 0 radical (unpaired) electrons. The molecule has 1 saturated heterocycles. The molecule has 1 aliphatic heterocycles. The molecule has 2 aromatic heterocycles. The number of carbonyl (C=O) groups is 2. The first-order valence-electron chi connectivity index (χ1n) is 7.98. The molecule has 0 N–H and O–H groups in total. The predicted octanol–water partition coefficient (Wildman–Crippen LogP) is 3.91. The first kappa shape index (κ1) is 16.9. The van der Waals surface area contributed by atoms with Crippen LogP contribution in [0.4, 0.5) is 0 Å². The van der Waals surface area contributed by atoms with Crippen LogP contribution in [-0.2, 0) is 14.3 Å². The van der Waals surface area contributed by atoms with Gasteiger partial charge in [0.25, 0.3) is 5.91 Å². The normalized spacial score (nSPS) is 15.3. The van der Waals surface area contributed by atoms with Gasteiger partial charge < -0.3 is 9.64 Å². The number of piperidine rings is 1. The summed E-state index contributed by atoms with van der Waals surface area (Å²) >= 11 is 3.04. The van der Waals surface area contributed by atoms with Crippen molar-refractivity contribution < 1.29 is 14.3 Å². The van der Waals surface area contributed by atoms with Crippen molar-refractivity contribution in [2.45, 2.75) is 19.3 Å². The van der Waals surface area contributed by atoms with Gasteiger partial charge in [-0.2, -0.15) is 0 Å². The minimum atomic E-state index is -0.448. The highest BCUT2D eigenvalue weighted by Crippen LogP contribution is 2.25. The molecule has 0 saturated carbocycles. The Bertz CT molecular complexity index is 699. The Kier molecular flexibility index (Phi) is 5.82. The van der Waals surface area contributed by atoms with Crippen LogP contribution < -0.4 is 0 Å². The van der Waals surface area contributed by atoms with Crippen molar-refractivity contribution in [2.75, 3.05) is 19.7 Å². The van der Waals surface area contributed by atoms with E-state index < -0.39 is 5.97 Å². The maximum Gasteiger partial charge on any atom is 0.340 e. The first-order valence-corrected chi connectivity index (χ1v) is 9.74. The monoisotopic (exact) mass is 361 g/mol. The summed E-state index contributed by atoms with van der Waals surface area (Å²) in [7, 11) is 0. The number of likely N-dealkylation sites (tertiary alicyclic amines) is 1. The van der Waals surface area contributed by atoms with Crippen LogP contribution in [0, 0.1) is 0 Å². The van der Waals surface area contributed by atoms with Crippen LogP contribution in [-0.4, -0.2) is 36.5 Å². The number of hydrogen-bond donors (Lipinski definition) is 0. The molecule has 3 heterocycles. The van der Waals surface area contributed by atoms with Crippen LogP contribution in [0.25, 0.3) is 11.6 Å². The highest BCUT2D eigenvalue weighted by atomic mass is 32.1. The van der Waals surface area contributed by atoms with Crippen molar-refractivity contribution in [3.8, 4) is 0 Å². The Morgan fingerprint density at radius 1 is 1.08 bits per heavy atom. The average Bonchev–Trinajstić information content (AvgIpc) is 3.31. The number of hydrogen-bond acceptors (Lipinski definition) is 5. The van der Waals surface area contributed by atoms with Gasteiger partial charge in [0, 0.05) is 22.8 Å². The lowest BCUT2D eigenvalue weighted by molar-refractivity contribution is -0.147. The standard InChI is InChI=1S/C18H19NO3S2/c20-17(19-8-2-1-3-9-19)13-22-18(21)15(16-7-5-11-24-16)12-14-6-4-10-23-14/h4-7,10-12H,1-3,8-9,13H2. The molecule has 3 rings (SSSR count). The number of thiophene rings is 2. The third-order valence-corrected chi connectivity index (χ3v) is 5.59. The lowest BCUT2D eigenvalue weighted by Gasteiger charge is -2.26. The number of rotatable bonds is 5. The zero-order valence-electron chi connectivity index (χ0n) is 13.3. The third-order valence-electron chi connectivity index (χ3n) is 3.87. The Labute approximate surface area is 149 Å². The molecule has 4 nitrogen and oxygen atoms in total. The largest absolute Gasteiger partial charge is 0.452 e. The van der Waals surface area contributed by atoms with Crippen molar-refractivity contribution in [1.82, 2.24) is 4.90 Å². The van der Waals surface area contributed by atoms with Gasteiger partial charge in [0.15, 0.2) is 6.61 Å². The lowest BCUT2D eigenvalue weighted by atomic mass is 10.1. The van der Waals surface area contributed by atoms with Crippen molar-refractivity contribution in [1.29, 1.82) is 0 Å². The number of ether oxygens (including phenoxy) is 1. The molecule has 6 heteroatoms. The van der Waals surface area contributed by atoms with Crippen LogP contribution in [0.1, 0.15) is 29.0 Å². The quantitative estimate of drug-likeness (QED) is 0.599. The number of esters is 1. The van der Waals surface area contributed by atoms with Crippen LogP contribution >= 0.6 is 22.7 Å². The predicted molar refractivity (Wildman–Crippen MR) is 97.9 cm³/mol. The van der Waals surface area contributed by atoms with Crippen molar-refractivity contribution in [3.05, 3.63) is 44.8 Å². The molecule has 0 atom stereocenters. The molecule has 1 aliphatic rings. The highest BCUT2D eigenvalue weighted by Gasteiger charge is 2.20. The third kappa shape index (κ3) is 4.33. The van der Waals surface area contributed by atoms with Crippen LogP contribution in [0.3, 0.4) is 0 Å². The Morgan fingerprint density at radius 2 is 1.83 bits per heavy atom. The smallest absolute Gasteiger partial charge is 0.340 e. The van der Waals surface area contributed by atoms with E-state index in [1.54, 1.807) is 16.2 Å². The van der Waals surface area contributed by atoms with Gasteiger partial charge in [-0.25, -0.2) is 4.79 Å². The second-order valence-electron chi connectivity index (χ2n) is 5.57. The molecular weight excluding hydrogens is 342 g/mol. The molecule has 1 amide bonds. The first-order chi connectivity index (χ1) is 11.7. The zero-order chi connectivity index (χ0) is 16.8. The van der Waals surface area contributed by atoms with Crippen molar-refractivity contribution in [3.63, 3.8) is 0 Å². The minimum absolute atomic E-state index is 0.107. The van der Waals surface area contributed by atoms with Crippen LogP contribution in [0.15, 0.2) is 35.0 Å². The summed E-state index contributed by atoms with van der Waals surface area (Å²) in [5, 5.41) is 3.88.